The smallest absolute Gasteiger partial charge is 0.233 e. The van der Waals surface area contributed by atoms with Gasteiger partial charge < -0.3 is 25.1 Å². The molecule has 6 heterocycles. The minimum atomic E-state index is -0.0210. The van der Waals surface area contributed by atoms with E-state index in [0.717, 1.165) is 118 Å². The van der Waals surface area contributed by atoms with E-state index in [1.807, 2.05) is 24.5 Å². The molecule has 1 aromatic carbocycles. The molecule has 2 saturated heterocycles. The van der Waals surface area contributed by atoms with Crippen molar-refractivity contribution in [3.8, 4) is 0 Å². The third-order valence-corrected chi connectivity index (χ3v) is 11.9. The molecule has 14 heteroatoms. The number of rotatable bonds is 12. The molecule has 0 bridgehead atoms. The first-order chi connectivity index (χ1) is 27.9. The van der Waals surface area contributed by atoms with Crippen molar-refractivity contribution in [1.82, 2.24) is 40.1 Å². The van der Waals surface area contributed by atoms with Crippen molar-refractivity contribution in [2.24, 2.45) is 0 Å². The fourth-order valence-electron chi connectivity index (χ4n) is 8.36. The monoisotopic (exact) mass is 774 g/mol. The Morgan fingerprint density at radius 3 is 1.84 bits per heavy atom. The molecule has 0 radical (unpaired) electrons. The van der Waals surface area contributed by atoms with Crippen LogP contribution in [0.3, 0.4) is 0 Å². The van der Waals surface area contributed by atoms with Crippen LogP contribution in [0.15, 0.2) is 54.9 Å². The molecule has 9 rings (SSSR count). The summed E-state index contributed by atoms with van der Waals surface area (Å²) < 4.78 is 0. The van der Waals surface area contributed by atoms with Crippen LogP contribution in [-0.4, -0.2) is 97.0 Å². The van der Waals surface area contributed by atoms with Crippen LogP contribution in [0.25, 0.3) is 22.1 Å². The first-order valence-electron chi connectivity index (χ1n) is 21.2. The van der Waals surface area contributed by atoms with Crippen LogP contribution < -0.4 is 25.8 Å². The van der Waals surface area contributed by atoms with Gasteiger partial charge in [0.2, 0.25) is 23.7 Å². The Morgan fingerprint density at radius 1 is 0.702 bits per heavy atom. The largest absolute Gasteiger partial charge is 0.354 e. The number of hydrogen-bond acceptors (Lipinski definition) is 10. The number of aromatic amines is 2. The van der Waals surface area contributed by atoms with Gasteiger partial charge in [-0.15, -0.1) is 0 Å². The summed E-state index contributed by atoms with van der Waals surface area (Å²) in [5.74, 6) is 2.60. The lowest BCUT2D eigenvalue weighted by Gasteiger charge is -2.32. The molecule has 5 N–H and O–H groups in total. The zero-order valence-electron chi connectivity index (χ0n) is 33.6. The van der Waals surface area contributed by atoms with E-state index in [1.54, 1.807) is 0 Å². The number of anilines is 4. The average molecular weight is 775 g/mol. The number of aromatic nitrogens is 6. The summed E-state index contributed by atoms with van der Waals surface area (Å²) in [5.41, 5.74) is 3.40. The van der Waals surface area contributed by atoms with E-state index in [9.17, 15) is 9.59 Å². The number of fused-ring (bicyclic) bond motifs is 2. The second-order valence-electron chi connectivity index (χ2n) is 16.4. The van der Waals surface area contributed by atoms with Gasteiger partial charge in [0.15, 0.2) is 0 Å². The Labute approximate surface area is 335 Å². The topological polar surface area (TPSA) is 163 Å². The number of carbonyl (C=O) groups is 2. The summed E-state index contributed by atoms with van der Waals surface area (Å²) >= 11 is 0. The third kappa shape index (κ3) is 9.23. The van der Waals surface area contributed by atoms with Crippen molar-refractivity contribution < 1.29 is 9.59 Å². The van der Waals surface area contributed by atoms with Crippen LogP contribution >= 0.6 is 0 Å². The summed E-state index contributed by atoms with van der Waals surface area (Å²) in [6.07, 6.45) is 15.6. The Morgan fingerprint density at radius 2 is 1.28 bits per heavy atom. The minimum Gasteiger partial charge on any atom is -0.354 e. The summed E-state index contributed by atoms with van der Waals surface area (Å²) in [4.78, 5) is 56.8. The summed E-state index contributed by atoms with van der Waals surface area (Å²) in [7, 11) is 0. The molecular formula is C43H58N12O2. The van der Waals surface area contributed by atoms with E-state index in [4.69, 9.17) is 9.97 Å². The number of benzene rings is 1. The van der Waals surface area contributed by atoms with Gasteiger partial charge in [-0.25, -0.2) is 0 Å². The lowest BCUT2D eigenvalue weighted by Crippen LogP contribution is -2.43. The zero-order chi connectivity index (χ0) is 39.2. The normalized spacial score (nSPS) is 18.6. The molecule has 4 aromatic heterocycles. The molecule has 4 aliphatic rings. The van der Waals surface area contributed by atoms with Gasteiger partial charge in [-0.3, -0.25) is 25.1 Å². The summed E-state index contributed by atoms with van der Waals surface area (Å²) in [5, 5.41) is 11.5. The predicted octanol–water partition coefficient (Wildman–Crippen LogP) is 6.75. The predicted molar refractivity (Wildman–Crippen MR) is 227 cm³/mol. The SMILES string of the molecule is CCCCC(=O)Nc1nc(N2CCCN(Cc3ccccc3)C3(CC3)C2)c2cc[nH]c2n1.CCCCC(=O)Nc1nc(N2CCCNC3(CC3)C2)c2cc[nH]c2n1. The van der Waals surface area contributed by atoms with E-state index in [1.165, 1.54) is 31.2 Å². The molecule has 2 spiro atoms. The van der Waals surface area contributed by atoms with E-state index >= 15 is 0 Å². The molecule has 2 amide bonds. The first-order valence-corrected chi connectivity index (χ1v) is 21.2. The number of nitrogens with one attached hydrogen (secondary N) is 5. The van der Waals surface area contributed by atoms with Crippen LogP contribution in [0.2, 0.25) is 0 Å². The van der Waals surface area contributed by atoms with Crippen molar-refractivity contribution in [2.75, 3.05) is 59.7 Å². The molecular weight excluding hydrogens is 717 g/mol. The molecule has 5 aromatic rings. The van der Waals surface area contributed by atoms with Gasteiger partial charge in [-0.05, 0) is 75.6 Å². The third-order valence-electron chi connectivity index (χ3n) is 11.9. The van der Waals surface area contributed by atoms with Crippen LogP contribution in [0, 0.1) is 0 Å². The molecule has 302 valence electrons. The van der Waals surface area contributed by atoms with Gasteiger partial charge >= 0.3 is 0 Å². The molecule has 4 fully saturated rings. The van der Waals surface area contributed by atoms with Gasteiger partial charge in [-0.2, -0.15) is 19.9 Å². The minimum absolute atomic E-state index is 0.0186. The Kier molecular flexibility index (Phi) is 11.7. The highest BCUT2D eigenvalue weighted by molar-refractivity contribution is 5.94. The zero-order valence-corrected chi connectivity index (χ0v) is 33.6. The number of unbranched alkanes of at least 4 members (excludes halogenated alkanes) is 2. The van der Waals surface area contributed by atoms with Crippen molar-refractivity contribution in [2.45, 2.75) is 109 Å². The van der Waals surface area contributed by atoms with Gasteiger partial charge in [-0.1, -0.05) is 57.0 Å². The van der Waals surface area contributed by atoms with Crippen LogP contribution in [-0.2, 0) is 16.1 Å². The number of carbonyl (C=O) groups excluding carboxylic acids is 2. The molecule has 0 atom stereocenters. The maximum absolute atomic E-state index is 12.3. The quantitative estimate of drug-likeness (QED) is 0.0917. The lowest BCUT2D eigenvalue weighted by molar-refractivity contribution is -0.117. The van der Waals surface area contributed by atoms with Crippen molar-refractivity contribution in [1.29, 1.82) is 0 Å². The highest BCUT2D eigenvalue weighted by Crippen LogP contribution is 2.46. The highest BCUT2D eigenvalue weighted by atomic mass is 16.2. The lowest BCUT2D eigenvalue weighted by atomic mass is 10.1. The second kappa shape index (κ2) is 17.2. The Bertz CT molecular complexity index is 2140. The van der Waals surface area contributed by atoms with E-state index in [2.05, 4.69) is 94.8 Å². The van der Waals surface area contributed by atoms with E-state index in [-0.39, 0.29) is 22.9 Å². The van der Waals surface area contributed by atoms with E-state index in [0.29, 0.717) is 24.7 Å². The first kappa shape index (κ1) is 38.8. The van der Waals surface area contributed by atoms with Crippen LogP contribution in [0.5, 0.6) is 0 Å². The summed E-state index contributed by atoms with van der Waals surface area (Å²) in [6.45, 7) is 11.1. The maximum Gasteiger partial charge on any atom is 0.233 e. The van der Waals surface area contributed by atoms with Gasteiger partial charge in [0.05, 0.1) is 10.8 Å². The maximum atomic E-state index is 12.3. The molecule has 57 heavy (non-hydrogen) atoms. The number of hydrogen-bond donors (Lipinski definition) is 5. The van der Waals surface area contributed by atoms with Crippen LogP contribution in [0.1, 0.15) is 96.5 Å². The highest BCUT2D eigenvalue weighted by Gasteiger charge is 2.50. The van der Waals surface area contributed by atoms with Gasteiger partial charge in [0.25, 0.3) is 0 Å². The average Bonchev–Trinajstić information content (AvgIpc) is 4.10. The molecule has 14 nitrogen and oxygen atoms in total. The molecule has 2 aliphatic carbocycles. The van der Waals surface area contributed by atoms with Gasteiger partial charge in [0, 0.05) is 75.6 Å². The number of H-pyrrole nitrogens is 2. The summed E-state index contributed by atoms with van der Waals surface area (Å²) in [6, 6.07) is 14.8. The number of amides is 2. The van der Waals surface area contributed by atoms with Gasteiger partial charge in [0.1, 0.15) is 22.9 Å². The Balaban J connectivity index is 0.000000165. The van der Waals surface area contributed by atoms with Crippen molar-refractivity contribution in [3.05, 3.63) is 60.4 Å². The van der Waals surface area contributed by atoms with Crippen molar-refractivity contribution >= 4 is 57.4 Å². The Hall–Kier alpha value is -5.08. The molecule has 2 saturated carbocycles. The second-order valence-corrected chi connectivity index (χ2v) is 16.4. The fourth-order valence-corrected chi connectivity index (χ4v) is 8.36. The van der Waals surface area contributed by atoms with Crippen LogP contribution in [0.4, 0.5) is 23.5 Å². The molecule has 2 aliphatic heterocycles. The number of nitrogens with zero attached hydrogens (tertiary/aromatic N) is 7. The fraction of sp³-hybridized carbons (Fsp3) is 0.535. The van der Waals surface area contributed by atoms with E-state index < -0.39 is 0 Å². The standard InChI is InChI=1S/C25H32N6O.C18H26N6O/c1-2-3-10-21(32)27-24-28-22-20(11-14-26-22)23(29-24)30-15-7-16-31(25(18-30)12-13-25)17-19-8-5-4-6-9-19;1-2-3-5-14(25)21-17-22-15-13(6-10-19-15)16(23-17)24-11-4-9-20-18(12-24)7-8-18/h4-6,8-9,11,14H,2-3,7,10,12-13,15-18H2,1H3,(H2,26,27,28,29,32);6,10,20H,2-5,7-9,11-12H2,1H3,(H2,19,21,22,23,25). The molecule has 0 unspecified atom stereocenters. The van der Waals surface area contributed by atoms with Crippen molar-refractivity contribution in [3.63, 3.8) is 0 Å².